The predicted octanol–water partition coefficient (Wildman–Crippen LogP) is 4.21. The van der Waals surface area contributed by atoms with E-state index in [-0.39, 0.29) is 16.7 Å². The van der Waals surface area contributed by atoms with Crippen LogP contribution < -0.4 is 10.1 Å². The number of carbonyl (C=O) groups excluding carboxylic acids is 2. The molecule has 0 unspecified atom stereocenters. The third-order valence-electron chi connectivity index (χ3n) is 4.84. The van der Waals surface area contributed by atoms with Gasteiger partial charge in [-0.25, -0.2) is 4.79 Å². The maximum absolute atomic E-state index is 12.6. The Labute approximate surface area is 179 Å². The maximum atomic E-state index is 12.6. The molecule has 1 aliphatic rings. The Balaban J connectivity index is 2.40. The summed E-state index contributed by atoms with van der Waals surface area (Å²) >= 11 is 0. The standard InChI is InChI=1S/C23H34N2O5/c1-22(2,3)16-14-17(23(4,5)6)19(30-21(27)28-7)15-18(16)24-20(26)8-9-25-10-12-29-13-11-25/h8-9,14-15H,10-13H2,1-7H3,(H,24,26). The molecule has 1 N–H and O–H groups in total. The molecule has 7 heteroatoms. The molecule has 1 amide bonds. The van der Waals surface area contributed by atoms with Gasteiger partial charge in [0.25, 0.3) is 0 Å². The first kappa shape index (κ1) is 23.7. The van der Waals surface area contributed by atoms with Gasteiger partial charge in [0.1, 0.15) is 5.75 Å². The molecule has 0 spiro atoms. The van der Waals surface area contributed by atoms with Crippen molar-refractivity contribution in [1.29, 1.82) is 0 Å². The van der Waals surface area contributed by atoms with Crippen molar-refractivity contribution in [3.63, 3.8) is 0 Å². The quantitative estimate of drug-likeness (QED) is 0.448. The number of anilines is 1. The first-order chi connectivity index (χ1) is 13.9. The molecule has 2 rings (SSSR count). The van der Waals surface area contributed by atoms with E-state index in [2.05, 4.69) is 30.8 Å². The van der Waals surface area contributed by atoms with Gasteiger partial charge >= 0.3 is 6.16 Å². The summed E-state index contributed by atoms with van der Waals surface area (Å²) in [6.45, 7) is 15.2. The molecule has 0 atom stereocenters. The molecule has 0 radical (unpaired) electrons. The highest BCUT2D eigenvalue weighted by molar-refractivity contribution is 6.00. The van der Waals surface area contributed by atoms with Crippen molar-refractivity contribution in [1.82, 2.24) is 4.90 Å². The predicted molar refractivity (Wildman–Crippen MR) is 117 cm³/mol. The smallest absolute Gasteiger partial charge is 0.437 e. The summed E-state index contributed by atoms with van der Waals surface area (Å²) in [5.74, 6) is 0.120. The van der Waals surface area contributed by atoms with E-state index in [4.69, 9.17) is 9.47 Å². The minimum atomic E-state index is -0.798. The Kier molecular flexibility index (Phi) is 7.53. The lowest BCUT2D eigenvalue weighted by Crippen LogP contribution is -2.32. The molecule has 166 valence electrons. The van der Waals surface area contributed by atoms with E-state index in [0.29, 0.717) is 24.7 Å². The van der Waals surface area contributed by atoms with Crippen LogP contribution in [0.4, 0.5) is 10.5 Å². The van der Waals surface area contributed by atoms with E-state index in [1.807, 2.05) is 31.7 Å². The third kappa shape index (κ3) is 6.49. The molecule has 1 heterocycles. The van der Waals surface area contributed by atoms with Crippen molar-refractivity contribution in [2.75, 3.05) is 38.7 Å². The van der Waals surface area contributed by atoms with Crippen LogP contribution in [-0.2, 0) is 25.1 Å². The summed E-state index contributed by atoms with van der Waals surface area (Å²) in [4.78, 5) is 26.5. The second-order valence-electron chi connectivity index (χ2n) is 9.40. The van der Waals surface area contributed by atoms with Gasteiger partial charge in [-0.2, -0.15) is 0 Å². The highest BCUT2D eigenvalue weighted by atomic mass is 16.7. The second-order valence-corrected chi connectivity index (χ2v) is 9.40. The van der Waals surface area contributed by atoms with Crippen molar-refractivity contribution < 1.29 is 23.8 Å². The number of hydrogen-bond acceptors (Lipinski definition) is 6. The number of benzene rings is 1. The SMILES string of the molecule is COC(=O)Oc1cc(NC(=O)C=CN2CCOCC2)c(C(C)(C)C)cc1C(C)(C)C. The molecule has 1 fully saturated rings. The largest absolute Gasteiger partial charge is 0.513 e. The van der Waals surface area contributed by atoms with Crippen molar-refractivity contribution in [2.24, 2.45) is 0 Å². The molecule has 0 aliphatic carbocycles. The molecule has 1 saturated heterocycles. The highest BCUT2D eigenvalue weighted by Gasteiger charge is 2.27. The lowest BCUT2D eigenvalue weighted by Gasteiger charge is -2.29. The number of carbonyl (C=O) groups is 2. The molecule has 0 saturated carbocycles. The Bertz CT molecular complexity index is 797. The molecular weight excluding hydrogens is 384 g/mol. The summed E-state index contributed by atoms with van der Waals surface area (Å²) in [6, 6.07) is 3.71. The molecule has 0 aromatic heterocycles. The van der Waals surface area contributed by atoms with Crippen molar-refractivity contribution >= 4 is 17.7 Å². The zero-order valence-corrected chi connectivity index (χ0v) is 19.1. The van der Waals surface area contributed by atoms with Gasteiger partial charge in [0.05, 0.1) is 20.3 Å². The zero-order chi connectivity index (χ0) is 22.5. The molecule has 7 nitrogen and oxygen atoms in total. The summed E-state index contributed by atoms with van der Waals surface area (Å²) in [6.07, 6.45) is 2.49. The van der Waals surface area contributed by atoms with Gasteiger partial charge in [0.15, 0.2) is 0 Å². The van der Waals surface area contributed by atoms with Gasteiger partial charge in [-0.1, -0.05) is 41.5 Å². The summed E-state index contributed by atoms with van der Waals surface area (Å²) in [5.41, 5.74) is 1.91. The van der Waals surface area contributed by atoms with Gasteiger partial charge < -0.3 is 24.4 Å². The van der Waals surface area contributed by atoms with Gasteiger partial charge in [-0.05, 0) is 22.5 Å². The van der Waals surface area contributed by atoms with Crippen LogP contribution in [0.1, 0.15) is 52.7 Å². The zero-order valence-electron chi connectivity index (χ0n) is 19.1. The Morgan fingerprint density at radius 1 is 1.03 bits per heavy atom. The van der Waals surface area contributed by atoms with E-state index >= 15 is 0 Å². The van der Waals surface area contributed by atoms with E-state index < -0.39 is 6.16 Å². The van der Waals surface area contributed by atoms with E-state index in [9.17, 15) is 9.59 Å². The third-order valence-corrected chi connectivity index (χ3v) is 4.84. The fourth-order valence-corrected chi connectivity index (χ4v) is 3.18. The van der Waals surface area contributed by atoms with Gasteiger partial charge in [0.2, 0.25) is 5.91 Å². The monoisotopic (exact) mass is 418 g/mol. The number of hydrogen-bond donors (Lipinski definition) is 1. The van der Waals surface area contributed by atoms with Crippen LogP contribution in [0, 0.1) is 0 Å². The molecule has 1 aliphatic heterocycles. The van der Waals surface area contributed by atoms with Crippen molar-refractivity contribution in [3.05, 3.63) is 35.5 Å². The molecular formula is C23H34N2O5. The summed E-state index contributed by atoms with van der Waals surface area (Å²) in [7, 11) is 1.27. The van der Waals surface area contributed by atoms with Crippen LogP contribution in [0.15, 0.2) is 24.4 Å². The fraction of sp³-hybridized carbons (Fsp3) is 0.565. The average molecular weight is 419 g/mol. The minimum Gasteiger partial charge on any atom is -0.437 e. The number of amides is 1. The molecule has 1 aromatic rings. The number of nitrogens with zero attached hydrogens (tertiary/aromatic N) is 1. The number of morpholine rings is 1. The first-order valence-electron chi connectivity index (χ1n) is 10.2. The van der Waals surface area contributed by atoms with Crippen LogP contribution in [-0.4, -0.2) is 50.4 Å². The lowest BCUT2D eigenvalue weighted by atomic mass is 9.79. The van der Waals surface area contributed by atoms with Crippen LogP contribution in [0.25, 0.3) is 0 Å². The number of methoxy groups -OCH3 is 1. The van der Waals surface area contributed by atoms with Crippen LogP contribution >= 0.6 is 0 Å². The van der Waals surface area contributed by atoms with Crippen LogP contribution in [0.5, 0.6) is 5.75 Å². The Morgan fingerprint density at radius 2 is 1.63 bits per heavy atom. The number of nitrogens with one attached hydrogen (secondary N) is 1. The van der Waals surface area contributed by atoms with Crippen molar-refractivity contribution in [3.8, 4) is 5.75 Å². The van der Waals surface area contributed by atoms with E-state index in [1.54, 1.807) is 12.3 Å². The maximum Gasteiger partial charge on any atom is 0.513 e. The lowest BCUT2D eigenvalue weighted by molar-refractivity contribution is -0.112. The van der Waals surface area contributed by atoms with Gasteiger partial charge in [-0.3, -0.25) is 4.79 Å². The second kappa shape index (κ2) is 9.51. The van der Waals surface area contributed by atoms with E-state index in [1.165, 1.54) is 13.2 Å². The first-order valence-corrected chi connectivity index (χ1v) is 10.2. The molecule has 30 heavy (non-hydrogen) atoms. The topological polar surface area (TPSA) is 77.1 Å². The number of ether oxygens (including phenoxy) is 3. The summed E-state index contributed by atoms with van der Waals surface area (Å²) in [5, 5.41) is 2.95. The fourth-order valence-electron chi connectivity index (χ4n) is 3.18. The average Bonchev–Trinajstić information content (AvgIpc) is 2.65. The normalized spacial score (nSPS) is 15.2. The van der Waals surface area contributed by atoms with Gasteiger partial charge in [0, 0.05) is 42.7 Å². The van der Waals surface area contributed by atoms with Crippen molar-refractivity contribution in [2.45, 2.75) is 52.4 Å². The molecule has 0 bridgehead atoms. The van der Waals surface area contributed by atoms with Crippen LogP contribution in [0.3, 0.4) is 0 Å². The highest BCUT2D eigenvalue weighted by Crippen LogP contribution is 2.40. The van der Waals surface area contributed by atoms with E-state index in [0.717, 1.165) is 24.2 Å². The molecule has 1 aromatic carbocycles. The Morgan fingerprint density at radius 3 is 2.17 bits per heavy atom. The van der Waals surface area contributed by atoms with Gasteiger partial charge in [-0.15, -0.1) is 0 Å². The minimum absolute atomic E-state index is 0.236. The summed E-state index contributed by atoms with van der Waals surface area (Å²) < 4.78 is 15.4. The van der Waals surface area contributed by atoms with Crippen LogP contribution in [0.2, 0.25) is 0 Å². The number of rotatable bonds is 4. The Hall–Kier alpha value is -2.54.